The number of aryl methyl sites for hydroxylation is 2. The summed E-state index contributed by atoms with van der Waals surface area (Å²) in [5, 5.41) is 8.30. The van der Waals surface area contributed by atoms with Gasteiger partial charge in [-0.15, -0.1) is 0 Å². The molecule has 3 atom stereocenters. The average molecular weight is 438 g/mol. The van der Waals surface area contributed by atoms with Crippen molar-refractivity contribution in [1.82, 2.24) is 24.9 Å². The third-order valence-electron chi connectivity index (χ3n) is 7.24. The van der Waals surface area contributed by atoms with Gasteiger partial charge >= 0.3 is 0 Å². The van der Waals surface area contributed by atoms with E-state index in [2.05, 4.69) is 58.8 Å². The fraction of sp³-hybridized carbons (Fsp3) is 0.615. The smallest absolute Gasteiger partial charge is 0.222 e. The van der Waals surface area contributed by atoms with E-state index < -0.39 is 0 Å². The second kappa shape index (κ2) is 10.6. The number of likely N-dealkylation sites (tertiary alicyclic amines) is 1. The molecule has 1 amide bonds. The summed E-state index contributed by atoms with van der Waals surface area (Å²) in [6.07, 6.45) is 6.06. The van der Waals surface area contributed by atoms with Gasteiger partial charge in [-0.05, 0) is 57.1 Å². The molecule has 2 aliphatic heterocycles. The quantitative estimate of drug-likeness (QED) is 0.653. The largest absolute Gasteiger partial charge is 0.341 e. The van der Waals surface area contributed by atoms with Gasteiger partial charge in [0.05, 0.1) is 5.69 Å². The van der Waals surface area contributed by atoms with Crippen molar-refractivity contribution in [2.45, 2.75) is 65.2 Å². The molecule has 0 aliphatic carbocycles. The summed E-state index contributed by atoms with van der Waals surface area (Å²) < 4.78 is 1.94. The third kappa shape index (κ3) is 5.78. The molecule has 1 aromatic carbocycles. The van der Waals surface area contributed by atoms with Crippen LogP contribution in [0, 0.1) is 18.8 Å². The zero-order chi connectivity index (χ0) is 22.5. The van der Waals surface area contributed by atoms with Gasteiger partial charge in [0, 0.05) is 64.0 Å². The average Bonchev–Trinajstić information content (AvgIpc) is 3.15. The number of benzene rings is 1. The molecule has 0 radical (unpaired) electrons. The Morgan fingerprint density at radius 2 is 2.06 bits per heavy atom. The minimum atomic E-state index is 0.233. The van der Waals surface area contributed by atoms with Gasteiger partial charge in [-0.25, -0.2) is 0 Å². The maximum Gasteiger partial charge on any atom is 0.222 e. The molecular formula is C26H39N5O. The highest BCUT2D eigenvalue weighted by Gasteiger charge is 2.36. The van der Waals surface area contributed by atoms with Crippen molar-refractivity contribution in [1.29, 1.82) is 0 Å². The maximum absolute atomic E-state index is 12.7. The Bertz CT molecular complexity index is 880. The molecule has 2 aromatic rings. The lowest BCUT2D eigenvalue weighted by Crippen LogP contribution is -2.55. The number of nitrogens with zero attached hydrogens (tertiary/aromatic N) is 4. The number of hydrogen-bond donors (Lipinski definition) is 1. The predicted molar refractivity (Wildman–Crippen MR) is 128 cm³/mol. The number of nitrogens with one attached hydrogen (secondary N) is 1. The summed E-state index contributed by atoms with van der Waals surface area (Å²) in [5.74, 6) is 1.69. The van der Waals surface area contributed by atoms with E-state index in [0.29, 0.717) is 24.9 Å². The summed E-state index contributed by atoms with van der Waals surface area (Å²) in [6, 6.07) is 11.4. The van der Waals surface area contributed by atoms with Gasteiger partial charge in [-0.1, -0.05) is 30.3 Å². The van der Waals surface area contributed by atoms with Crippen LogP contribution in [0.25, 0.3) is 0 Å². The lowest BCUT2D eigenvalue weighted by atomic mass is 9.79. The van der Waals surface area contributed by atoms with E-state index in [4.69, 9.17) is 0 Å². The normalized spacial score (nSPS) is 23.3. The third-order valence-corrected chi connectivity index (χ3v) is 7.24. The molecule has 2 saturated heterocycles. The first-order valence-electron chi connectivity index (χ1n) is 12.3. The standard InChI is InChI=1S/C26H39N5O/c1-4-31-19-24(20(2)28-31)17-29(3)26(32)12-8-11-25-23-13-22(14-27-25)16-30(18-23)15-21-9-6-5-7-10-21/h5-7,9-10,19,22-23,25,27H,4,8,11-18H2,1-3H3/t22?,23?,25-/m1/s1. The van der Waals surface area contributed by atoms with Gasteiger partial charge in [0.25, 0.3) is 0 Å². The van der Waals surface area contributed by atoms with Crippen LogP contribution in [0.4, 0.5) is 0 Å². The van der Waals surface area contributed by atoms with Crippen molar-refractivity contribution < 1.29 is 4.79 Å². The zero-order valence-corrected chi connectivity index (χ0v) is 20.0. The number of hydrogen-bond acceptors (Lipinski definition) is 4. The summed E-state index contributed by atoms with van der Waals surface area (Å²) >= 11 is 0. The van der Waals surface area contributed by atoms with Crippen LogP contribution in [-0.4, -0.2) is 58.2 Å². The topological polar surface area (TPSA) is 53.4 Å². The molecule has 32 heavy (non-hydrogen) atoms. The molecule has 174 valence electrons. The SMILES string of the molecule is CCn1cc(CN(C)C(=O)CCC[C@H]2NCC3CC2CN(Cc2ccccc2)C3)c(C)n1. The summed E-state index contributed by atoms with van der Waals surface area (Å²) in [6.45, 7) is 10.1. The first-order chi connectivity index (χ1) is 15.5. The number of rotatable bonds is 9. The Hall–Kier alpha value is -2.18. The monoisotopic (exact) mass is 437 g/mol. The molecule has 6 nitrogen and oxygen atoms in total. The van der Waals surface area contributed by atoms with Crippen molar-refractivity contribution in [2.24, 2.45) is 11.8 Å². The second-order valence-electron chi connectivity index (χ2n) is 9.79. The van der Waals surface area contributed by atoms with Crippen LogP contribution in [0.15, 0.2) is 36.5 Å². The van der Waals surface area contributed by atoms with Crippen molar-refractivity contribution in [3.05, 3.63) is 53.3 Å². The molecule has 2 aliphatic rings. The van der Waals surface area contributed by atoms with Gasteiger partial charge < -0.3 is 10.2 Å². The Labute approximate surface area is 193 Å². The zero-order valence-electron chi connectivity index (χ0n) is 20.0. The van der Waals surface area contributed by atoms with E-state index >= 15 is 0 Å². The van der Waals surface area contributed by atoms with Gasteiger partial charge in [0.15, 0.2) is 0 Å². The Morgan fingerprint density at radius 3 is 2.81 bits per heavy atom. The molecule has 2 unspecified atom stereocenters. The van der Waals surface area contributed by atoms with Crippen LogP contribution >= 0.6 is 0 Å². The highest BCUT2D eigenvalue weighted by molar-refractivity contribution is 5.75. The Morgan fingerprint density at radius 1 is 1.25 bits per heavy atom. The number of piperidine rings is 2. The molecule has 0 spiro atoms. The molecule has 0 saturated carbocycles. The van der Waals surface area contributed by atoms with Gasteiger partial charge in [0.1, 0.15) is 0 Å². The fourth-order valence-electron chi connectivity index (χ4n) is 5.47. The second-order valence-corrected chi connectivity index (χ2v) is 9.79. The summed E-state index contributed by atoms with van der Waals surface area (Å²) in [7, 11) is 1.91. The van der Waals surface area contributed by atoms with Crippen LogP contribution in [0.5, 0.6) is 0 Å². The predicted octanol–water partition coefficient (Wildman–Crippen LogP) is 3.45. The number of carbonyl (C=O) groups is 1. The van der Waals surface area contributed by atoms with Gasteiger partial charge in [0.2, 0.25) is 5.91 Å². The van der Waals surface area contributed by atoms with Crippen LogP contribution in [0.3, 0.4) is 0 Å². The van der Waals surface area contributed by atoms with Gasteiger partial charge in [-0.2, -0.15) is 5.10 Å². The molecule has 1 N–H and O–H groups in total. The van der Waals surface area contributed by atoms with E-state index in [1.165, 1.54) is 18.5 Å². The molecule has 3 heterocycles. The number of amides is 1. The number of fused-ring (bicyclic) bond motifs is 2. The summed E-state index contributed by atoms with van der Waals surface area (Å²) in [5.41, 5.74) is 3.57. The number of carbonyl (C=O) groups excluding carboxylic acids is 1. The number of aromatic nitrogens is 2. The van der Waals surface area contributed by atoms with Crippen molar-refractivity contribution in [2.75, 3.05) is 26.7 Å². The summed E-state index contributed by atoms with van der Waals surface area (Å²) in [4.78, 5) is 17.2. The van der Waals surface area contributed by atoms with Crippen molar-refractivity contribution in [3.63, 3.8) is 0 Å². The first-order valence-corrected chi connectivity index (χ1v) is 12.3. The molecule has 6 heteroatoms. The van der Waals surface area contributed by atoms with Crippen molar-refractivity contribution in [3.8, 4) is 0 Å². The van der Waals surface area contributed by atoms with Crippen LogP contribution in [0.1, 0.15) is 49.4 Å². The minimum absolute atomic E-state index is 0.233. The van der Waals surface area contributed by atoms with Gasteiger partial charge in [-0.3, -0.25) is 14.4 Å². The van der Waals surface area contributed by atoms with E-state index in [0.717, 1.165) is 56.2 Å². The van der Waals surface area contributed by atoms with E-state index in [9.17, 15) is 4.79 Å². The minimum Gasteiger partial charge on any atom is -0.341 e. The molecular weight excluding hydrogens is 398 g/mol. The Kier molecular flexibility index (Phi) is 7.63. The maximum atomic E-state index is 12.7. The molecule has 2 fully saturated rings. The van der Waals surface area contributed by atoms with Crippen LogP contribution in [-0.2, 0) is 24.4 Å². The lowest BCUT2D eigenvalue weighted by molar-refractivity contribution is -0.130. The lowest BCUT2D eigenvalue weighted by Gasteiger charge is -2.46. The highest BCUT2D eigenvalue weighted by atomic mass is 16.2. The fourth-order valence-corrected chi connectivity index (χ4v) is 5.47. The molecule has 1 aromatic heterocycles. The van der Waals surface area contributed by atoms with E-state index in [-0.39, 0.29) is 5.91 Å². The van der Waals surface area contributed by atoms with Crippen molar-refractivity contribution >= 4 is 5.91 Å². The van der Waals surface area contributed by atoms with E-state index in [1.54, 1.807) is 0 Å². The molecule has 2 bridgehead atoms. The van der Waals surface area contributed by atoms with Crippen LogP contribution < -0.4 is 5.32 Å². The van der Waals surface area contributed by atoms with E-state index in [1.807, 2.05) is 23.6 Å². The Balaban J connectivity index is 1.23. The first kappa shape index (κ1) is 23.0. The highest BCUT2D eigenvalue weighted by Crippen LogP contribution is 2.31. The molecule has 4 rings (SSSR count). The van der Waals surface area contributed by atoms with Crippen LogP contribution in [0.2, 0.25) is 0 Å².